The smallest absolute Gasteiger partial charge is 0.237 e. The Kier molecular flexibility index (Phi) is 6.79. The Balaban J connectivity index is 2.16. The molecule has 0 bridgehead atoms. The summed E-state index contributed by atoms with van der Waals surface area (Å²) in [6.07, 6.45) is 1.92. The zero-order valence-electron chi connectivity index (χ0n) is 12.2. The van der Waals surface area contributed by atoms with Gasteiger partial charge in [0.05, 0.1) is 18.8 Å². The van der Waals surface area contributed by atoms with Crippen LogP contribution >= 0.6 is 0 Å². The lowest BCUT2D eigenvalue weighted by atomic mass is 10.2. The Hall–Kier alpha value is -1.82. The first-order valence-electron chi connectivity index (χ1n) is 6.82. The van der Waals surface area contributed by atoms with Crippen molar-refractivity contribution in [3.05, 3.63) is 24.2 Å². The van der Waals surface area contributed by atoms with E-state index in [4.69, 9.17) is 4.42 Å². The molecule has 0 saturated carbocycles. The number of carbonyl (C=O) groups excluding carboxylic acids is 2. The van der Waals surface area contributed by atoms with Crippen molar-refractivity contribution in [1.29, 1.82) is 0 Å². The van der Waals surface area contributed by atoms with E-state index in [1.165, 1.54) is 0 Å². The van der Waals surface area contributed by atoms with E-state index in [1.54, 1.807) is 25.3 Å². The zero-order chi connectivity index (χ0) is 15.0. The van der Waals surface area contributed by atoms with Gasteiger partial charge in [-0.25, -0.2) is 0 Å². The molecule has 0 aliphatic rings. The van der Waals surface area contributed by atoms with E-state index in [2.05, 4.69) is 16.0 Å². The van der Waals surface area contributed by atoms with Crippen molar-refractivity contribution in [2.24, 2.45) is 0 Å². The van der Waals surface area contributed by atoms with E-state index in [1.807, 2.05) is 13.8 Å². The maximum Gasteiger partial charge on any atom is 0.237 e. The Labute approximate surface area is 119 Å². The molecule has 0 spiro atoms. The molecular weight excluding hydrogens is 258 g/mol. The maximum absolute atomic E-state index is 11.8. The lowest BCUT2D eigenvalue weighted by Crippen LogP contribution is -2.43. The molecule has 6 heteroatoms. The van der Waals surface area contributed by atoms with Crippen LogP contribution < -0.4 is 16.0 Å². The van der Waals surface area contributed by atoms with E-state index >= 15 is 0 Å². The summed E-state index contributed by atoms with van der Waals surface area (Å²) in [7, 11) is 0. The standard InChI is InChI=1S/C14H23N3O3/c1-10(2)17-13(18)6-7-15-11(3)14(19)16-9-12-5-4-8-20-12/h4-5,8,10-11,15H,6-7,9H2,1-3H3,(H,16,19)(H,17,18). The zero-order valence-corrected chi connectivity index (χ0v) is 12.2. The predicted octanol–water partition coefficient (Wildman–Crippen LogP) is 0.789. The summed E-state index contributed by atoms with van der Waals surface area (Å²) < 4.78 is 5.13. The molecule has 1 aromatic rings. The molecule has 0 radical (unpaired) electrons. The first-order chi connectivity index (χ1) is 9.49. The number of hydrogen-bond donors (Lipinski definition) is 3. The van der Waals surface area contributed by atoms with Crippen LogP contribution in [0.5, 0.6) is 0 Å². The second kappa shape index (κ2) is 8.37. The van der Waals surface area contributed by atoms with Crippen molar-refractivity contribution >= 4 is 11.8 Å². The van der Waals surface area contributed by atoms with Crippen LogP contribution in [0.15, 0.2) is 22.8 Å². The average molecular weight is 281 g/mol. The van der Waals surface area contributed by atoms with E-state index in [0.717, 1.165) is 0 Å². The van der Waals surface area contributed by atoms with Gasteiger partial charge >= 0.3 is 0 Å². The third-order valence-electron chi connectivity index (χ3n) is 2.66. The van der Waals surface area contributed by atoms with Crippen LogP contribution in [0.3, 0.4) is 0 Å². The summed E-state index contributed by atoms with van der Waals surface area (Å²) in [5, 5.41) is 8.57. The highest BCUT2D eigenvalue weighted by atomic mass is 16.3. The van der Waals surface area contributed by atoms with Crippen LogP contribution in [0.1, 0.15) is 33.0 Å². The molecule has 20 heavy (non-hydrogen) atoms. The van der Waals surface area contributed by atoms with Gasteiger partial charge in [0, 0.05) is 19.0 Å². The minimum absolute atomic E-state index is 0.0179. The number of hydrogen-bond acceptors (Lipinski definition) is 4. The molecule has 1 unspecified atom stereocenters. The second-order valence-corrected chi connectivity index (χ2v) is 4.95. The minimum Gasteiger partial charge on any atom is -0.467 e. The number of rotatable bonds is 8. The fourth-order valence-electron chi connectivity index (χ4n) is 1.63. The fourth-order valence-corrected chi connectivity index (χ4v) is 1.63. The number of carbonyl (C=O) groups is 2. The van der Waals surface area contributed by atoms with Gasteiger partial charge in [0.15, 0.2) is 0 Å². The highest BCUT2D eigenvalue weighted by Crippen LogP contribution is 1.98. The highest BCUT2D eigenvalue weighted by molar-refractivity contribution is 5.81. The van der Waals surface area contributed by atoms with Crippen molar-refractivity contribution in [2.75, 3.05) is 6.54 Å². The van der Waals surface area contributed by atoms with Crippen LogP contribution in [0.4, 0.5) is 0 Å². The number of amides is 2. The monoisotopic (exact) mass is 281 g/mol. The van der Waals surface area contributed by atoms with Crippen molar-refractivity contribution in [1.82, 2.24) is 16.0 Å². The van der Waals surface area contributed by atoms with Gasteiger partial charge in [0.2, 0.25) is 11.8 Å². The largest absolute Gasteiger partial charge is 0.467 e. The topological polar surface area (TPSA) is 83.4 Å². The van der Waals surface area contributed by atoms with Gasteiger partial charge in [0.1, 0.15) is 5.76 Å². The van der Waals surface area contributed by atoms with E-state index < -0.39 is 0 Å². The summed E-state index contributed by atoms with van der Waals surface area (Å²) in [5.41, 5.74) is 0. The van der Waals surface area contributed by atoms with Gasteiger partial charge < -0.3 is 20.4 Å². The molecular formula is C14H23N3O3. The van der Waals surface area contributed by atoms with Gasteiger partial charge in [-0.2, -0.15) is 0 Å². The van der Waals surface area contributed by atoms with Gasteiger partial charge in [-0.15, -0.1) is 0 Å². The van der Waals surface area contributed by atoms with E-state index in [9.17, 15) is 9.59 Å². The van der Waals surface area contributed by atoms with Crippen LogP contribution in [-0.4, -0.2) is 30.4 Å². The maximum atomic E-state index is 11.8. The molecule has 6 nitrogen and oxygen atoms in total. The number of nitrogens with one attached hydrogen (secondary N) is 3. The molecule has 3 N–H and O–H groups in total. The summed E-state index contributed by atoms with van der Waals surface area (Å²) in [5.74, 6) is 0.572. The second-order valence-electron chi connectivity index (χ2n) is 4.95. The molecule has 1 atom stereocenters. The third kappa shape index (κ3) is 6.38. The lowest BCUT2D eigenvalue weighted by molar-refractivity contribution is -0.124. The molecule has 112 valence electrons. The van der Waals surface area contributed by atoms with Gasteiger partial charge in [-0.05, 0) is 32.9 Å². The number of furan rings is 1. The molecule has 0 aliphatic heterocycles. The molecule has 1 aromatic heterocycles. The van der Waals surface area contributed by atoms with E-state index in [-0.39, 0.29) is 23.9 Å². The summed E-state index contributed by atoms with van der Waals surface area (Å²) in [4.78, 5) is 23.2. The van der Waals surface area contributed by atoms with Gasteiger partial charge in [-0.1, -0.05) is 0 Å². The fraction of sp³-hybridized carbons (Fsp3) is 0.571. The van der Waals surface area contributed by atoms with Crippen molar-refractivity contribution in [3.8, 4) is 0 Å². The van der Waals surface area contributed by atoms with E-state index in [0.29, 0.717) is 25.3 Å². The molecule has 2 amide bonds. The molecule has 1 heterocycles. The molecule has 0 aromatic carbocycles. The van der Waals surface area contributed by atoms with Gasteiger partial charge in [-0.3, -0.25) is 9.59 Å². The SMILES string of the molecule is CC(C)NC(=O)CCNC(C)C(=O)NCc1ccco1. The van der Waals surface area contributed by atoms with Crippen LogP contribution in [0.25, 0.3) is 0 Å². The summed E-state index contributed by atoms with van der Waals surface area (Å²) in [6.45, 7) is 6.42. The normalized spacial score (nSPS) is 12.2. The van der Waals surface area contributed by atoms with Gasteiger partial charge in [0.25, 0.3) is 0 Å². The summed E-state index contributed by atoms with van der Waals surface area (Å²) >= 11 is 0. The molecule has 1 rings (SSSR count). The lowest BCUT2D eigenvalue weighted by Gasteiger charge is -2.14. The molecule has 0 aliphatic carbocycles. The van der Waals surface area contributed by atoms with Crippen LogP contribution in [0, 0.1) is 0 Å². The van der Waals surface area contributed by atoms with Crippen LogP contribution in [0.2, 0.25) is 0 Å². The predicted molar refractivity (Wildman–Crippen MR) is 75.9 cm³/mol. The van der Waals surface area contributed by atoms with Crippen molar-refractivity contribution in [3.63, 3.8) is 0 Å². The Morgan fingerprint density at radius 3 is 2.65 bits per heavy atom. The Morgan fingerprint density at radius 1 is 1.30 bits per heavy atom. The minimum atomic E-state index is -0.350. The highest BCUT2D eigenvalue weighted by Gasteiger charge is 2.12. The first-order valence-corrected chi connectivity index (χ1v) is 6.82. The average Bonchev–Trinajstić information content (AvgIpc) is 2.87. The quantitative estimate of drug-likeness (QED) is 0.658. The first kappa shape index (κ1) is 16.2. The molecule has 0 saturated heterocycles. The van der Waals surface area contributed by atoms with Crippen molar-refractivity contribution < 1.29 is 14.0 Å². The molecule has 0 fully saturated rings. The Morgan fingerprint density at radius 2 is 2.05 bits per heavy atom. The van der Waals surface area contributed by atoms with Crippen LogP contribution in [-0.2, 0) is 16.1 Å². The Bertz CT molecular complexity index is 415. The summed E-state index contributed by atoms with van der Waals surface area (Å²) in [6, 6.07) is 3.36. The van der Waals surface area contributed by atoms with Crippen molar-refractivity contribution in [2.45, 2.75) is 45.8 Å². The third-order valence-corrected chi connectivity index (χ3v) is 2.66.